The van der Waals surface area contributed by atoms with Gasteiger partial charge in [0.15, 0.2) is 0 Å². The van der Waals surface area contributed by atoms with Crippen molar-refractivity contribution in [1.29, 1.82) is 0 Å². The summed E-state index contributed by atoms with van der Waals surface area (Å²) in [5, 5.41) is 10.7. The fraction of sp³-hybridized carbons (Fsp3) is 0.400. The number of benzene rings is 2. The Morgan fingerprint density at radius 2 is 1.79 bits per heavy atom. The molecule has 0 aromatic heterocycles. The summed E-state index contributed by atoms with van der Waals surface area (Å²) in [6.45, 7) is 5.24. The monoisotopic (exact) mass is 391 g/mol. The molecule has 2 aromatic carbocycles. The summed E-state index contributed by atoms with van der Waals surface area (Å²) in [7, 11) is 1.65. The fourth-order valence-electron chi connectivity index (χ4n) is 5.03. The van der Waals surface area contributed by atoms with Crippen LogP contribution >= 0.6 is 0 Å². The molecule has 29 heavy (non-hydrogen) atoms. The number of rotatable bonds is 4. The second-order valence-electron chi connectivity index (χ2n) is 8.70. The maximum Gasteiger partial charge on any atom is 0.237 e. The molecular formula is C25H29NO3. The summed E-state index contributed by atoms with van der Waals surface area (Å²) in [6.07, 6.45) is 2.99. The molecule has 1 fully saturated rings. The van der Waals surface area contributed by atoms with E-state index in [-0.39, 0.29) is 5.91 Å². The number of amides is 1. The summed E-state index contributed by atoms with van der Waals surface area (Å²) < 4.78 is 5.24. The first-order chi connectivity index (χ1) is 13.9. The third kappa shape index (κ3) is 3.16. The minimum absolute atomic E-state index is 0.136. The highest BCUT2D eigenvalue weighted by atomic mass is 16.5. The van der Waals surface area contributed by atoms with Crippen molar-refractivity contribution in [3.8, 4) is 5.75 Å². The zero-order valence-electron chi connectivity index (χ0n) is 17.4. The van der Waals surface area contributed by atoms with Gasteiger partial charge in [-0.1, -0.05) is 62.4 Å². The van der Waals surface area contributed by atoms with Gasteiger partial charge in [0, 0.05) is 18.5 Å². The van der Waals surface area contributed by atoms with E-state index in [4.69, 9.17) is 4.74 Å². The highest BCUT2D eigenvalue weighted by molar-refractivity contribution is 5.94. The average Bonchev–Trinajstić information content (AvgIpc) is 2.74. The largest absolute Gasteiger partial charge is 0.497 e. The van der Waals surface area contributed by atoms with Crippen molar-refractivity contribution in [3.63, 3.8) is 0 Å². The number of aliphatic hydroxyl groups is 1. The highest BCUT2D eigenvalue weighted by Crippen LogP contribution is 2.54. The molecule has 1 heterocycles. The molecule has 2 atom stereocenters. The van der Waals surface area contributed by atoms with E-state index in [9.17, 15) is 9.90 Å². The third-order valence-corrected chi connectivity index (χ3v) is 6.75. The van der Waals surface area contributed by atoms with E-state index in [1.807, 2.05) is 47.4 Å². The molecule has 4 nitrogen and oxygen atoms in total. The molecule has 1 N–H and O–H groups in total. The minimum atomic E-state index is -0.700. The number of hydrogen-bond acceptors (Lipinski definition) is 3. The van der Waals surface area contributed by atoms with Crippen LogP contribution in [0.25, 0.3) is 0 Å². The Kier molecular flexibility index (Phi) is 4.99. The Morgan fingerprint density at radius 3 is 2.45 bits per heavy atom. The van der Waals surface area contributed by atoms with Crippen LogP contribution in [0.1, 0.15) is 37.8 Å². The maximum absolute atomic E-state index is 14.0. The molecule has 152 valence electrons. The lowest BCUT2D eigenvalue weighted by Gasteiger charge is -2.53. The predicted molar refractivity (Wildman–Crippen MR) is 114 cm³/mol. The van der Waals surface area contributed by atoms with E-state index >= 15 is 0 Å². The van der Waals surface area contributed by atoms with Gasteiger partial charge in [0.1, 0.15) is 5.75 Å². The van der Waals surface area contributed by atoms with Gasteiger partial charge in [-0.15, -0.1) is 0 Å². The molecule has 4 rings (SSSR count). The molecule has 2 aliphatic rings. The Labute approximate surface area is 172 Å². The van der Waals surface area contributed by atoms with Crippen molar-refractivity contribution >= 4 is 5.91 Å². The number of fused-ring (bicyclic) bond motifs is 1. The van der Waals surface area contributed by atoms with Crippen molar-refractivity contribution in [2.45, 2.75) is 44.8 Å². The second-order valence-corrected chi connectivity index (χ2v) is 8.70. The number of hydrogen-bond donors (Lipinski definition) is 1. The normalized spacial score (nSPS) is 25.9. The minimum Gasteiger partial charge on any atom is -0.497 e. The summed E-state index contributed by atoms with van der Waals surface area (Å²) in [4.78, 5) is 15.9. The van der Waals surface area contributed by atoms with Crippen LogP contribution in [0.2, 0.25) is 0 Å². The van der Waals surface area contributed by atoms with Crippen molar-refractivity contribution in [1.82, 2.24) is 4.90 Å². The smallest absolute Gasteiger partial charge is 0.237 e. The van der Waals surface area contributed by atoms with Crippen LogP contribution in [0, 0.1) is 5.41 Å². The standard InChI is InChI=1S/C25H29NO3/c1-24(2)21-14-16-26(17-18-9-11-20(29-3)12-10-18)23(28)25(21,15-13-22(24)27)19-7-5-4-6-8-19/h4-12,14,22,27H,13,15-17H2,1-3H3. The second kappa shape index (κ2) is 7.34. The van der Waals surface area contributed by atoms with Gasteiger partial charge >= 0.3 is 0 Å². The number of carbonyl (C=O) groups is 1. The van der Waals surface area contributed by atoms with Gasteiger partial charge in [-0.2, -0.15) is 0 Å². The van der Waals surface area contributed by atoms with Crippen LogP contribution in [0.15, 0.2) is 66.2 Å². The van der Waals surface area contributed by atoms with Crippen LogP contribution in [0.3, 0.4) is 0 Å². The molecule has 0 spiro atoms. The van der Waals surface area contributed by atoms with Crippen LogP contribution < -0.4 is 4.74 Å². The van der Waals surface area contributed by atoms with Gasteiger partial charge in [-0.3, -0.25) is 4.79 Å². The third-order valence-electron chi connectivity index (χ3n) is 6.75. The fourth-order valence-corrected chi connectivity index (χ4v) is 5.03. The van der Waals surface area contributed by atoms with Crippen LogP contribution in [-0.2, 0) is 16.8 Å². The molecular weight excluding hydrogens is 362 g/mol. The number of nitrogens with zero attached hydrogens (tertiary/aromatic N) is 1. The van der Waals surface area contributed by atoms with Crippen molar-refractivity contribution < 1.29 is 14.6 Å². The van der Waals surface area contributed by atoms with E-state index < -0.39 is 16.9 Å². The molecule has 4 heteroatoms. The molecule has 0 bridgehead atoms. The van der Waals surface area contributed by atoms with E-state index in [2.05, 4.69) is 32.1 Å². The zero-order valence-corrected chi connectivity index (χ0v) is 17.4. The molecule has 1 amide bonds. The average molecular weight is 392 g/mol. The quantitative estimate of drug-likeness (QED) is 0.799. The van der Waals surface area contributed by atoms with Crippen LogP contribution in [0.5, 0.6) is 5.75 Å². The summed E-state index contributed by atoms with van der Waals surface area (Å²) in [5.41, 5.74) is 2.03. The molecule has 2 unspecified atom stereocenters. The number of carbonyl (C=O) groups excluding carboxylic acids is 1. The predicted octanol–water partition coefficient (Wildman–Crippen LogP) is 4.08. The van der Waals surface area contributed by atoms with Crippen molar-refractivity contribution in [2.75, 3.05) is 13.7 Å². The number of ether oxygens (including phenoxy) is 1. The molecule has 2 aromatic rings. The number of aliphatic hydroxyl groups excluding tert-OH is 1. The lowest BCUT2D eigenvalue weighted by atomic mass is 9.54. The lowest BCUT2D eigenvalue weighted by Crippen LogP contribution is -2.58. The summed E-state index contributed by atoms with van der Waals surface area (Å²) >= 11 is 0. The van der Waals surface area contributed by atoms with Gasteiger partial charge in [0.25, 0.3) is 0 Å². The maximum atomic E-state index is 14.0. The van der Waals surface area contributed by atoms with E-state index in [1.54, 1.807) is 7.11 Å². The van der Waals surface area contributed by atoms with E-state index in [1.165, 1.54) is 0 Å². The molecule has 0 saturated heterocycles. The Hall–Kier alpha value is -2.59. The molecule has 1 aliphatic heterocycles. The molecule has 1 saturated carbocycles. The highest BCUT2D eigenvalue weighted by Gasteiger charge is 2.56. The first kappa shape index (κ1) is 19.7. The Balaban J connectivity index is 1.75. The van der Waals surface area contributed by atoms with E-state index in [0.717, 1.165) is 22.4 Å². The molecule has 0 radical (unpaired) electrons. The Morgan fingerprint density at radius 1 is 1.10 bits per heavy atom. The topological polar surface area (TPSA) is 49.8 Å². The van der Waals surface area contributed by atoms with Gasteiger partial charge in [0.05, 0.1) is 18.6 Å². The van der Waals surface area contributed by atoms with Crippen LogP contribution in [0.4, 0.5) is 0 Å². The zero-order chi connectivity index (χ0) is 20.6. The van der Waals surface area contributed by atoms with Gasteiger partial charge in [-0.05, 0) is 41.7 Å². The first-order valence-corrected chi connectivity index (χ1v) is 10.3. The van der Waals surface area contributed by atoms with Gasteiger partial charge < -0.3 is 14.7 Å². The number of methoxy groups -OCH3 is 1. The van der Waals surface area contributed by atoms with Crippen molar-refractivity contribution in [2.24, 2.45) is 5.41 Å². The summed E-state index contributed by atoms with van der Waals surface area (Å²) in [6, 6.07) is 18.0. The first-order valence-electron chi connectivity index (χ1n) is 10.3. The SMILES string of the molecule is COc1ccc(CN2CC=C3C(c4ccccc4)(CCC(O)C3(C)C)C2=O)cc1. The van der Waals surface area contributed by atoms with Crippen LogP contribution in [-0.4, -0.2) is 35.7 Å². The lowest BCUT2D eigenvalue weighted by molar-refractivity contribution is -0.140. The molecule has 1 aliphatic carbocycles. The van der Waals surface area contributed by atoms with Gasteiger partial charge in [-0.25, -0.2) is 0 Å². The van der Waals surface area contributed by atoms with Gasteiger partial charge in [0.2, 0.25) is 5.91 Å². The van der Waals surface area contributed by atoms with Crippen molar-refractivity contribution in [3.05, 3.63) is 77.4 Å². The van der Waals surface area contributed by atoms with E-state index in [0.29, 0.717) is 25.9 Å². The Bertz CT molecular complexity index is 917. The summed E-state index contributed by atoms with van der Waals surface area (Å²) in [5.74, 6) is 0.946.